The zero-order chi connectivity index (χ0) is 15.6. The molecule has 2 N–H and O–H groups in total. The second-order valence-electron chi connectivity index (χ2n) is 7.30. The Morgan fingerprint density at radius 2 is 2.05 bits per heavy atom. The molecule has 5 nitrogen and oxygen atoms in total. The summed E-state index contributed by atoms with van der Waals surface area (Å²) in [7, 11) is 0. The van der Waals surface area contributed by atoms with E-state index in [4.69, 9.17) is 5.73 Å². The van der Waals surface area contributed by atoms with E-state index in [0.717, 1.165) is 30.0 Å². The van der Waals surface area contributed by atoms with E-state index in [-0.39, 0.29) is 0 Å². The van der Waals surface area contributed by atoms with Crippen molar-refractivity contribution < 1.29 is 0 Å². The van der Waals surface area contributed by atoms with Gasteiger partial charge in [0.25, 0.3) is 5.78 Å². The molecule has 21 heavy (non-hydrogen) atoms. The monoisotopic (exact) mass is 289 g/mol. The molecule has 0 aliphatic heterocycles. The third-order valence-electron chi connectivity index (χ3n) is 3.86. The van der Waals surface area contributed by atoms with Crippen molar-refractivity contribution in [1.29, 1.82) is 0 Å². The van der Waals surface area contributed by atoms with Gasteiger partial charge >= 0.3 is 0 Å². The molecule has 1 atom stereocenters. The van der Waals surface area contributed by atoms with Crippen LogP contribution in [-0.4, -0.2) is 19.6 Å². The van der Waals surface area contributed by atoms with Gasteiger partial charge in [0.15, 0.2) is 0 Å². The Balaban J connectivity index is 2.00. The van der Waals surface area contributed by atoms with Gasteiger partial charge in [0.05, 0.1) is 0 Å². The van der Waals surface area contributed by atoms with Gasteiger partial charge in [-0.2, -0.15) is 14.6 Å². The number of anilines is 1. The summed E-state index contributed by atoms with van der Waals surface area (Å²) in [6.07, 6.45) is 6.04. The van der Waals surface area contributed by atoms with Crippen LogP contribution >= 0.6 is 0 Å². The molecule has 2 aromatic rings. The van der Waals surface area contributed by atoms with E-state index in [1.165, 1.54) is 19.2 Å². The molecule has 0 aliphatic rings. The van der Waals surface area contributed by atoms with Gasteiger partial charge in [0, 0.05) is 11.3 Å². The minimum atomic E-state index is 0.398. The SMILES string of the molecule is Cc1nc2ncnn2c(N)c1CCCC(C)CC(C)(C)C. The number of aryl methyl sites for hydroxylation is 1. The topological polar surface area (TPSA) is 69.1 Å². The van der Waals surface area contributed by atoms with Crippen molar-refractivity contribution in [3.05, 3.63) is 17.6 Å². The number of nitrogen functional groups attached to an aromatic ring is 1. The first-order chi connectivity index (χ1) is 9.78. The largest absolute Gasteiger partial charge is 0.383 e. The van der Waals surface area contributed by atoms with E-state index in [1.807, 2.05) is 6.92 Å². The van der Waals surface area contributed by atoms with Gasteiger partial charge in [-0.15, -0.1) is 0 Å². The molecule has 0 spiro atoms. The molecule has 0 aromatic carbocycles. The zero-order valence-corrected chi connectivity index (χ0v) is 13.8. The lowest BCUT2D eigenvalue weighted by atomic mass is 9.83. The van der Waals surface area contributed by atoms with Crippen LogP contribution in [0.4, 0.5) is 5.82 Å². The van der Waals surface area contributed by atoms with Gasteiger partial charge in [-0.05, 0) is 37.5 Å². The summed E-state index contributed by atoms with van der Waals surface area (Å²) in [6, 6.07) is 0. The molecule has 0 aliphatic carbocycles. The molecule has 116 valence electrons. The van der Waals surface area contributed by atoms with Gasteiger partial charge in [0.2, 0.25) is 0 Å². The third kappa shape index (κ3) is 3.93. The maximum absolute atomic E-state index is 6.20. The van der Waals surface area contributed by atoms with Crippen molar-refractivity contribution in [2.75, 3.05) is 5.73 Å². The first-order valence-electron chi connectivity index (χ1n) is 7.72. The first kappa shape index (κ1) is 15.7. The maximum atomic E-state index is 6.20. The molecule has 0 amide bonds. The molecular formula is C16H27N5. The molecule has 0 bridgehead atoms. The van der Waals surface area contributed by atoms with Crippen molar-refractivity contribution in [3.63, 3.8) is 0 Å². The summed E-state index contributed by atoms with van der Waals surface area (Å²) < 4.78 is 1.63. The number of hydrogen-bond acceptors (Lipinski definition) is 4. The maximum Gasteiger partial charge on any atom is 0.254 e. The molecular weight excluding hydrogens is 262 g/mol. The van der Waals surface area contributed by atoms with Crippen molar-refractivity contribution in [2.45, 2.75) is 60.3 Å². The van der Waals surface area contributed by atoms with E-state index in [1.54, 1.807) is 4.52 Å². The smallest absolute Gasteiger partial charge is 0.254 e. The number of rotatable bonds is 5. The third-order valence-corrected chi connectivity index (χ3v) is 3.86. The van der Waals surface area contributed by atoms with Crippen LogP contribution in [0, 0.1) is 18.3 Å². The van der Waals surface area contributed by atoms with E-state index >= 15 is 0 Å². The quantitative estimate of drug-likeness (QED) is 0.915. The molecule has 0 fully saturated rings. The average Bonchev–Trinajstić information content (AvgIpc) is 2.79. The predicted octanol–water partition coefficient (Wildman–Crippen LogP) is 3.41. The van der Waals surface area contributed by atoms with Crippen LogP contribution in [0.5, 0.6) is 0 Å². The normalized spacial score (nSPS) is 13.8. The second-order valence-corrected chi connectivity index (χ2v) is 7.30. The van der Waals surface area contributed by atoms with Crippen LogP contribution in [0.15, 0.2) is 6.33 Å². The lowest BCUT2D eigenvalue weighted by Crippen LogP contribution is -2.12. The van der Waals surface area contributed by atoms with Crippen molar-refractivity contribution in [1.82, 2.24) is 19.6 Å². The van der Waals surface area contributed by atoms with Gasteiger partial charge < -0.3 is 5.73 Å². The van der Waals surface area contributed by atoms with Crippen LogP contribution in [0.25, 0.3) is 5.78 Å². The standard InChI is InChI=1S/C16H27N5/c1-11(9-16(3,4)5)7-6-8-13-12(2)20-15-18-10-19-21(15)14(13)17/h10-11H,6-9,17H2,1-5H3. The van der Waals surface area contributed by atoms with E-state index < -0.39 is 0 Å². The Bertz CT molecular complexity index is 609. The molecule has 0 radical (unpaired) electrons. The van der Waals surface area contributed by atoms with Gasteiger partial charge in [0.1, 0.15) is 12.1 Å². The zero-order valence-electron chi connectivity index (χ0n) is 13.8. The summed E-state index contributed by atoms with van der Waals surface area (Å²) >= 11 is 0. The molecule has 0 saturated heterocycles. The highest BCUT2D eigenvalue weighted by Crippen LogP contribution is 2.27. The minimum absolute atomic E-state index is 0.398. The summed E-state index contributed by atoms with van der Waals surface area (Å²) in [4.78, 5) is 8.55. The van der Waals surface area contributed by atoms with Crippen LogP contribution in [0.3, 0.4) is 0 Å². The first-order valence-corrected chi connectivity index (χ1v) is 7.72. The highest BCUT2D eigenvalue weighted by molar-refractivity contribution is 5.49. The van der Waals surface area contributed by atoms with Crippen LogP contribution in [-0.2, 0) is 6.42 Å². The lowest BCUT2D eigenvalue weighted by molar-refractivity contribution is 0.293. The number of hydrogen-bond donors (Lipinski definition) is 1. The Morgan fingerprint density at radius 1 is 1.33 bits per heavy atom. The summed E-state index contributed by atoms with van der Waals surface area (Å²) in [5, 5.41) is 4.13. The molecule has 1 unspecified atom stereocenters. The van der Waals surface area contributed by atoms with Gasteiger partial charge in [-0.1, -0.05) is 34.1 Å². The fourth-order valence-electron chi connectivity index (χ4n) is 3.10. The van der Waals surface area contributed by atoms with Crippen molar-refractivity contribution in [2.24, 2.45) is 11.3 Å². The summed E-state index contributed by atoms with van der Waals surface area (Å²) in [5.41, 5.74) is 8.68. The average molecular weight is 289 g/mol. The molecule has 5 heteroatoms. The van der Waals surface area contributed by atoms with E-state index in [9.17, 15) is 0 Å². The minimum Gasteiger partial charge on any atom is -0.383 e. The van der Waals surface area contributed by atoms with Gasteiger partial charge in [-0.25, -0.2) is 4.98 Å². The Labute approximate surface area is 127 Å². The van der Waals surface area contributed by atoms with Crippen molar-refractivity contribution in [3.8, 4) is 0 Å². The summed E-state index contributed by atoms with van der Waals surface area (Å²) in [6.45, 7) is 11.2. The molecule has 2 aromatic heterocycles. The van der Waals surface area contributed by atoms with Crippen molar-refractivity contribution >= 4 is 11.6 Å². The van der Waals surface area contributed by atoms with Gasteiger partial charge in [-0.3, -0.25) is 0 Å². The van der Waals surface area contributed by atoms with Crippen LogP contribution in [0.1, 0.15) is 58.2 Å². The number of nitrogens with two attached hydrogens (primary N) is 1. The van der Waals surface area contributed by atoms with Crippen LogP contribution < -0.4 is 5.73 Å². The number of fused-ring (bicyclic) bond motifs is 1. The Hall–Kier alpha value is -1.65. The fourth-order valence-corrected chi connectivity index (χ4v) is 3.10. The Kier molecular flexibility index (Phi) is 4.49. The van der Waals surface area contributed by atoms with E-state index in [2.05, 4.69) is 42.8 Å². The summed E-state index contributed by atoms with van der Waals surface area (Å²) in [5.74, 6) is 1.99. The number of aromatic nitrogens is 4. The van der Waals surface area contributed by atoms with E-state index in [0.29, 0.717) is 17.0 Å². The second kappa shape index (κ2) is 6.00. The number of nitrogens with zero attached hydrogens (tertiary/aromatic N) is 4. The lowest BCUT2D eigenvalue weighted by Gasteiger charge is -2.23. The molecule has 2 rings (SSSR count). The van der Waals surface area contributed by atoms with Crippen LogP contribution in [0.2, 0.25) is 0 Å². The molecule has 0 saturated carbocycles. The highest BCUT2D eigenvalue weighted by Gasteiger charge is 2.16. The Morgan fingerprint density at radius 3 is 2.71 bits per heavy atom. The highest BCUT2D eigenvalue weighted by atomic mass is 15.3. The fraction of sp³-hybridized carbons (Fsp3) is 0.688. The molecule has 2 heterocycles. The predicted molar refractivity (Wildman–Crippen MR) is 86.1 cm³/mol.